The molecule has 0 heterocycles. The van der Waals surface area contributed by atoms with E-state index in [1.807, 2.05) is 55.5 Å². The van der Waals surface area contributed by atoms with E-state index in [4.69, 9.17) is 4.74 Å². The summed E-state index contributed by atoms with van der Waals surface area (Å²) in [5.41, 5.74) is 3.12. The van der Waals surface area contributed by atoms with Crippen LogP contribution in [0.3, 0.4) is 0 Å². The molecular formula is C20H26N2O2. The van der Waals surface area contributed by atoms with Crippen LogP contribution in [0.25, 0.3) is 0 Å². The number of nitrogens with one attached hydrogen (secondary N) is 2. The van der Waals surface area contributed by atoms with Crippen molar-refractivity contribution in [2.24, 2.45) is 0 Å². The Kier molecular flexibility index (Phi) is 6.67. The van der Waals surface area contributed by atoms with Crippen LogP contribution < -0.4 is 15.4 Å². The zero-order valence-electron chi connectivity index (χ0n) is 14.6. The summed E-state index contributed by atoms with van der Waals surface area (Å²) in [7, 11) is 0. The SMILES string of the molecule is Cc1ccccc1OCCCNC(=O)Nc1ccccc1C(C)C. The summed E-state index contributed by atoms with van der Waals surface area (Å²) >= 11 is 0. The average molecular weight is 326 g/mol. The lowest BCUT2D eigenvalue weighted by Crippen LogP contribution is -2.30. The summed E-state index contributed by atoms with van der Waals surface area (Å²) in [4.78, 5) is 12.0. The molecule has 2 aromatic carbocycles. The fourth-order valence-electron chi connectivity index (χ4n) is 2.46. The molecule has 0 aliphatic heterocycles. The van der Waals surface area contributed by atoms with Gasteiger partial charge < -0.3 is 15.4 Å². The minimum absolute atomic E-state index is 0.181. The van der Waals surface area contributed by atoms with Gasteiger partial charge in [-0.05, 0) is 42.5 Å². The smallest absolute Gasteiger partial charge is 0.319 e. The minimum atomic E-state index is -0.181. The standard InChI is InChI=1S/C20H26N2O2/c1-15(2)17-10-5-6-11-18(17)22-20(23)21-13-8-14-24-19-12-7-4-9-16(19)3/h4-7,9-12,15H,8,13-14H2,1-3H3,(H2,21,22,23). The second kappa shape index (κ2) is 8.96. The van der Waals surface area contributed by atoms with E-state index in [1.54, 1.807) is 0 Å². The Hall–Kier alpha value is -2.49. The first-order valence-corrected chi connectivity index (χ1v) is 8.40. The van der Waals surface area contributed by atoms with E-state index >= 15 is 0 Å². The molecule has 0 spiro atoms. The first-order chi connectivity index (χ1) is 11.6. The Labute approximate surface area is 144 Å². The van der Waals surface area contributed by atoms with Crippen LogP contribution in [0.4, 0.5) is 10.5 Å². The maximum atomic E-state index is 12.0. The van der Waals surface area contributed by atoms with Gasteiger partial charge in [0.25, 0.3) is 0 Å². The Balaban J connectivity index is 1.71. The lowest BCUT2D eigenvalue weighted by molar-refractivity contribution is 0.250. The Morgan fingerprint density at radius 3 is 2.54 bits per heavy atom. The third kappa shape index (κ3) is 5.30. The second-order valence-corrected chi connectivity index (χ2v) is 6.09. The molecule has 0 atom stereocenters. The number of carbonyl (C=O) groups is 1. The largest absolute Gasteiger partial charge is 0.493 e. The highest BCUT2D eigenvalue weighted by atomic mass is 16.5. The van der Waals surface area contributed by atoms with E-state index < -0.39 is 0 Å². The van der Waals surface area contributed by atoms with Crippen molar-refractivity contribution in [3.8, 4) is 5.75 Å². The van der Waals surface area contributed by atoms with Gasteiger partial charge in [-0.3, -0.25) is 0 Å². The summed E-state index contributed by atoms with van der Waals surface area (Å²) in [5, 5.41) is 5.79. The molecule has 128 valence electrons. The van der Waals surface area contributed by atoms with Crippen LogP contribution in [0.2, 0.25) is 0 Å². The van der Waals surface area contributed by atoms with Gasteiger partial charge in [0, 0.05) is 12.2 Å². The highest BCUT2D eigenvalue weighted by Gasteiger charge is 2.08. The van der Waals surface area contributed by atoms with E-state index in [2.05, 4.69) is 24.5 Å². The van der Waals surface area contributed by atoms with Gasteiger partial charge in [0.15, 0.2) is 0 Å². The molecule has 2 amide bonds. The fourth-order valence-corrected chi connectivity index (χ4v) is 2.46. The number of urea groups is 1. The van der Waals surface area contributed by atoms with E-state index in [9.17, 15) is 4.79 Å². The number of amides is 2. The van der Waals surface area contributed by atoms with Crippen molar-refractivity contribution in [1.29, 1.82) is 0 Å². The lowest BCUT2D eigenvalue weighted by atomic mass is 10.0. The lowest BCUT2D eigenvalue weighted by Gasteiger charge is -2.14. The second-order valence-electron chi connectivity index (χ2n) is 6.09. The van der Waals surface area contributed by atoms with E-state index in [1.165, 1.54) is 0 Å². The van der Waals surface area contributed by atoms with Gasteiger partial charge in [-0.25, -0.2) is 4.79 Å². The van der Waals surface area contributed by atoms with Gasteiger partial charge in [0.1, 0.15) is 5.75 Å². The van der Waals surface area contributed by atoms with Crippen molar-refractivity contribution in [1.82, 2.24) is 5.32 Å². The zero-order valence-corrected chi connectivity index (χ0v) is 14.6. The minimum Gasteiger partial charge on any atom is -0.493 e. The molecule has 4 heteroatoms. The van der Waals surface area contributed by atoms with Crippen LogP contribution in [-0.4, -0.2) is 19.2 Å². The van der Waals surface area contributed by atoms with Crippen molar-refractivity contribution < 1.29 is 9.53 Å². The van der Waals surface area contributed by atoms with E-state index in [0.29, 0.717) is 19.1 Å². The molecule has 2 N–H and O–H groups in total. The van der Waals surface area contributed by atoms with Gasteiger partial charge in [0.2, 0.25) is 0 Å². The van der Waals surface area contributed by atoms with Crippen LogP contribution in [0.15, 0.2) is 48.5 Å². The predicted octanol–water partition coefficient (Wildman–Crippen LogP) is 4.71. The first-order valence-electron chi connectivity index (χ1n) is 8.40. The van der Waals surface area contributed by atoms with E-state index in [-0.39, 0.29) is 6.03 Å². The summed E-state index contributed by atoms with van der Waals surface area (Å²) in [5.74, 6) is 1.26. The third-order valence-corrected chi connectivity index (χ3v) is 3.79. The number of para-hydroxylation sites is 2. The number of aryl methyl sites for hydroxylation is 1. The van der Waals surface area contributed by atoms with Crippen LogP contribution >= 0.6 is 0 Å². The molecule has 0 saturated heterocycles. The molecule has 0 bridgehead atoms. The third-order valence-electron chi connectivity index (χ3n) is 3.79. The molecular weight excluding hydrogens is 300 g/mol. The summed E-state index contributed by atoms with van der Waals surface area (Å²) in [6.45, 7) is 7.39. The molecule has 4 nitrogen and oxygen atoms in total. The molecule has 2 aromatic rings. The van der Waals surface area contributed by atoms with Crippen LogP contribution in [0.1, 0.15) is 37.3 Å². The van der Waals surface area contributed by atoms with Crippen LogP contribution in [-0.2, 0) is 0 Å². The number of ether oxygens (including phenoxy) is 1. The molecule has 2 rings (SSSR count). The first kappa shape index (κ1) is 17.9. The van der Waals surface area contributed by atoms with Gasteiger partial charge in [-0.15, -0.1) is 0 Å². The van der Waals surface area contributed by atoms with Crippen molar-refractivity contribution in [3.63, 3.8) is 0 Å². The topological polar surface area (TPSA) is 50.4 Å². The number of anilines is 1. The Morgan fingerprint density at radius 2 is 1.79 bits per heavy atom. The normalized spacial score (nSPS) is 10.5. The molecule has 0 radical (unpaired) electrons. The quantitative estimate of drug-likeness (QED) is 0.724. The molecule has 0 aliphatic carbocycles. The summed E-state index contributed by atoms with van der Waals surface area (Å²) in [6.07, 6.45) is 0.758. The van der Waals surface area contributed by atoms with Crippen LogP contribution in [0.5, 0.6) is 5.75 Å². The molecule has 0 saturated carbocycles. The van der Waals surface area contributed by atoms with Crippen molar-refractivity contribution >= 4 is 11.7 Å². The van der Waals surface area contributed by atoms with Crippen molar-refractivity contribution in [2.45, 2.75) is 33.1 Å². The molecule has 24 heavy (non-hydrogen) atoms. The van der Waals surface area contributed by atoms with E-state index in [0.717, 1.165) is 29.0 Å². The highest BCUT2D eigenvalue weighted by Crippen LogP contribution is 2.23. The van der Waals surface area contributed by atoms with Gasteiger partial charge in [0.05, 0.1) is 6.61 Å². The fraction of sp³-hybridized carbons (Fsp3) is 0.350. The summed E-state index contributed by atoms with van der Waals surface area (Å²) < 4.78 is 5.72. The number of benzene rings is 2. The van der Waals surface area contributed by atoms with Crippen molar-refractivity contribution in [2.75, 3.05) is 18.5 Å². The predicted molar refractivity (Wildman–Crippen MR) is 98.8 cm³/mol. The number of hydrogen-bond donors (Lipinski definition) is 2. The zero-order chi connectivity index (χ0) is 17.4. The highest BCUT2D eigenvalue weighted by molar-refractivity contribution is 5.90. The average Bonchev–Trinajstić information content (AvgIpc) is 2.56. The van der Waals surface area contributed by atoms with Gasteiger partial charge >= 0.3 is 6.03 Å². The van der Waals surface area contributed by atoms with Crippen LogP contribution in [0, 0.1) is 6.92 Å². The maximum Gasteiger partial charge on any atom is 0.319 e. The summed E-state index contributed by atoms with van der Waals surface area (Å²) in [6, 6.07) is 15.6. The number of carbonyl (C=O) groups excluding carboxylic acids is 1. The maximum absolute atomic E-state index is 12.0. The number of rotatable bonds is 7. The van der Waals surface area contributed by atoms with Crippen molar-refractivity contribution in [3.05, 3.63) is 59.7 Å². The molecule has 0 fully saturated rings. The van der Waals surface area contributed by atoms with Gasteiger partial charge in [-0.1, -0.05) is 50.2 Å². The number of hydrogen-bond acceptors (Lipinski definition) is 2. The Bertz CT molecular complexity index is 668. The Morgan fingerprint density at radius 1 is 1.08 bits per heavy atom. The molecule has 0 aliphatic rings. The monoisotopic (exact) mass is 326 g/mol. The van der Waals surface area contributed by atoms with Gasteiger partial charge in [-0.2, -0.15) is 0 Å². The molecule has 0 unspecified atom stereocenters. The molecule has 0 aromatic heterocycles.